The minimum Gasteiger partial charge on any atom is -0.292 e. The molecular weight excluding hydrogens is 356 g/mol. The lowest BCUT2D eigenvalue weighted by Crippen LogP contribution is -2.22. The number of benzene rings is 1. The van der Waals surface area contributed by atoms with Crippen LogP contribution in [0.1, 0.15) is 12.6 Å². The molecule has 0 atom stereocenters. The van der Waals surface area contributed by atoms with Crippen molar-refractivity contribution in [1.82, 2.24) is 19.3 Å². The molecule has 5 nitrogen and oxygen atoms in total. The largest absolute Gasteiger partial charge is 0.292 e. The molecule has 0 N–H and O–H groups in total. The Morgan fingerprint density at radius 2 is 2.10 bits per heavy atom. The first kappa shape index (κ1) is 14.3. The molecule has 108 valence electrons. The van der Waals surface area contributed by atoms with E-state index in [1.165, 1.54) is 10.9 Å². The third-order valence-corrected chi connectivity index (χ3v) is 4.52. The normalized spacial score (nSPS) is 11.2. The lowest BCUT2D eigenvalue weighted by atomic mass is 10.2. The summed E-state index contributed by atoms with van der Waals surface area (Å²) < 4.78 is 3.68. The molecule has 2 heterocycles. The van der Waals surface area contributed by atoms with Crippen molar-refractivity contribution in [2.24, 2.45) is 0 Å². The van der Waals surface area contributed by atoms with Crippen molar-refractivity contribution in [3.05, 3.63) is 56.3 Å². The molecule has 7 heteroatoms. The van der Waals surface area contributed by atoms with E-state index in [4.69, 9.17) is 11.6 Å². The van der Waals surface area contributed by atoms with Crippen LogP contribution in [0.25, 0.3) is 10.9 Å². The Kier molecular flexibility index (Phi) is 3.82. The number of nitrogens with zero attached hydrogens (tertiary/aromatic N) is 4. The van der Waals surface area contributed by atoms with E-state index in [-0.39, 0.29) is 15.2 Å². The van der Waals surface area contributed by atoms with Crippen LogP contribution in [-0.2, 0) is 13.1 Å². The van der Waals surface area contributed by atoms with Crippen LogP contribution in [0.4, 0.5) is 0 Å². The number of rotatable bonds is 3. The van der Waals surface area contributed by atoms with Gasteiger partial charge in [0.25, 0.3) is 5.56 Å². The molecule has 0 aliphatic heterocycles. The van der Waals surface area contributed by atoms with Crippen LogP contribution in [0.3, 0.4) is 0 Å². The van der Waals surface area contributed by atoms with Crippen LogP contribution < -0.4 is 5.56 Å². The van der Waals surface area contributed by atoms with Crippen molar-refractivity contribution < 1.29 is 0 Å². The summed E-state index contributed by atoms with van der Waals surface area (Å²) in [6, 6.07) is 7.97. The summed E-state index contributed by atoms with van der Waals surface area (Å²) in [6.45, 7) is 3.17. The summed E-state index contributed by atoms with van der Waals surface area (Å²) in [6.07, 6.45) is 1.44. The highest BCUT2D eigenvalue weighted by Crippen LogP contribution is 2.19. The molecule has 0 radical (unpaired) electrons. The molecule has 0 bridgehead atoms. The summed E-state index contributed by atoms with van der Waals surface area (Å²) in [7, 11) is 0. The Morgan fingerprint density at radius 1 is 1.33 bits per heavy atom. The highest BCUT2D eigenvalue weighted by molar-refractivity contribution is 9.10. The second-order valence-electron chi connectivity index (χ2n) is 4.56. The highest BCUT2D eigenvalue weighted by Gasteiger charge is 2.12. The molecule has 0 aliphatic rings. The Bertz CT molecular complexity index is 871. The van der Waals surface area contributed by atoms with E-state index in [9.17, 15) is 4.79 Å². The third-order valence-electron chi connectivity index (χ3n) is 3.29. The first-order valence-corrected chi connectivity index (χ1v) is 7.63. The van der Waals surface area contributed by atoms with E-state index < -0.39 is 0 Å². The van der Waals surface area contributed by atoms with Crippen LogP contribution in [0.5, 0.6) is 0 Å². The fraction of sp³-hybridized carbons (Fsp3) is 0.214. The van der Waals surface area contributed by atoms with Crippen molar-refractivity contribution in [3.8, 4) is 0 Å². The summed E-state index contributed by atoms with van der Waals surface area (Å²) in [4.78, 5) is 16.2. The Hall–Kier alpha value is -1.66. The van der Waals surface area contributed by atoms with Gasteiger partial charge in [0.05, 0.1) is 24.1 Å². The predicted octanol–water partition coefficient (Wildman–Crippen LogP) is 3.08. The Balaban J connectivity index is 2.11. The predicted molar refractivity (Wildman–Crippen MR) is 85.7 cm³/mol. The number of para-hydroxylation sites is 1. The molecule has 21 heavy (non-hydrogen) atoms. The van der Waals surface area contributed by atoms with E-state index in [0.29, 0.717) is 6.54 Å². The summed E-state index contributed by atoms with van der Waals surface area (Å²) in [5.74, 6) is 0. The maximum absolute atomic E-state index is 12.2. The van der Waals surface area contributed by atoms with Gasteiger partial charge in [0.2, 0.25) is 0 Å². The van der Waals surface area contributed by atoms with Crippen LogP contribution >= 0.6 is 27.5 Å². The molecule has 3 rings (SSSR count). The average molecular weight is 368 g/mol. The minimum atomic E-state index is -0.217. The molecule has 3 aromatic rings. The van der Waals surface area contributed by atoms with Gasteiger partial charge in [-0.3, -0.25) is 14.0 Å². The fourth-order valence-electron chi connectivity index (χ4n) is 2.27. The number of aryl methyl sites for hydroxylation is 1. The first-order valence-electron chi connectivity index (χ1n) is 6.46. The van der Waals surface area contributed by atoms with E-state index >= 15 is 0 Å². The number of aromatic nitrogens is 4. The van der Waals surface area contributed by atoms with E-state index in [0.717, 1.165) is 23.1 Å². The lowest BCUT2D eigenvalue weighted by molar-refractivity contribution is 0.643. The number of hydrogen-bond donors (Lipinski definition) is 0. The fourth-order valence-corrected chi connectivity index (χ4v) is 2.73. The Morgan fingerprint density at radius 3 is 2.86 bits per heavy atom. The minimum absolute atomic E-state index is 0.167. The quantitative estimate of drug-likeness (QED) is 0.669. The third kappa shape index (κ3) is 2.49. The molecule has 0 fully saturated rings. The lowest BCUT2D eigenvalue weighted by Gasteiger charge is -2.04. The second kappa shape index (κ2) is 5.61. The SMILES string of the molecule is CCn1nc(Cn2cnc(Cl)c(Br)c2=O)c2ccccc21. The zero-order valence-corrected chi connectivity index (χ0v) is 13.6. The van der Waals surface area contributed by atoms with Gasteiger partial charge in [0.1, 0.15) is 4.47 Å². The maximum Gasteiger partial charge on any atom is 0.269 e. The van der Waals surface area contributed by atoms with Crippen LogP contribution in [-0.4, -0.2) is 19.3 Å². The van der Waals surface area contributed by atoms with E-state index in [2.05, 4.69) is 26.0 Å². The summed E-state index contributed by atoms with van der Waals surface area (Å²) >= 11 is 8.98. The van der Waals surface area contributed by atoms with Gasteiger partial charge in [-0.25, -0.2) is 4.98 Å². The van der Waals surface area contributed by atoms with Gasteiger partial charge >= 0.3 is 0 Å². The van der Waals surface area contributed by atoms with Gasteiger partial charge in [-0.15, -0.1) is 0 Å². The molecule has 1 aromatic carbocycles. The zero-order valence-electron chi connectivity index (χ0n) is 11.3. The van der Waals surface area contributed by atoms with E-state index in [1.54, 1.807) is 0 Å². The zero-order chi connectivity index (χ0) is 15.0. The summed E-state index contributed by atoms with van der Waals surface area (Å²) in [5, 5.41) is 5.78. The molecule has 0 unspecified atom stereocenters. The van der Waals surface area contributed by atoms with Gasteiger partial charge in [-0.2, -0.15) is 5.10 Å². The molecule has 0 aliphatic carbocycles. The molecule has 0 spiro atoms. The molecule has 2 aromatic heterocycles. The van der Waals surface area contributed by atoms with Gasteiger partial charge in [0.15, 0.2) is 5.15 Å². The van der Waals surface area contributed by atoms with Crippen molar-refractivity contribution in [2.75, 3.05) is 0 Å². The second-order valence-corrected chi connectivity index (χ2v) is 5.71. The Labute approximate surface area is 134 Å². The van der Waals surface area contributed by atoms with Crippen molar-refractivity contribution >= 4 is 38.4 Å². The monoisotopic (exact) mass is 366 g/mol. The van der Waals surface area contributed by atoms with Crippen molar-refractivity contribution in [1.29, 1.82) is 0 Å². The molecular formula is C14H12BrClN4O. The van der Waals surface area contributed by atoms with Gasteiger partial charge in [-0.1, -0.05) is 29.8 Å². The smallest absolute Gasteiger partial charge is 0.269 e. The highest BCUT2D eigenvalue weighted by atomic mass is 79.9. The standard InChI is InChI=1S/C14H12BrClN4O/c1-2-20-11-6-4-3-5-9(11)10(18-20)7-19-8-17-13(16)12(15)14(19)21/h3-6,8H,2,7H2,1H3. The van der Waals surface area contributed by atoms with Crippen LogP contribution in [0, 0.1) is 0 Å². The molecule has 0 saturated carbocycles. The molecule has 0 amide bonds. The topological polar surface area (TPSA) is 52.7 Å². The van der Waals surface area contributed by atoms with Gasteiger partial charge in [-0.05, 0) is 28.9 Å². The van der Waals surface area contributed by atoms with Gasteiger partial charge in [0, 0.05) is 11.9 Å². The maximum atomic E-state index is 12.2. The van der Waals surface area contributed by atoms with Crippen LogP contribution in [0.15, 0.2) is 39.9 Å². The number of hydrogen-bond acceptors (Lipinski definition) is 3. The summed E-state index contributed by atoms with van der Waals surface area (Å²) in [5.41, 5.74) is 1.68. The van der Waals surface area contributed by atoms with Crippen molar-refractivity contribution in [3.63, 3.8) is 0 Å². The number of fused-ring (bicyclic) bond motifs is 1. The van der Waals surface area contributed by atoms with E-state index in [1.807, 2.05) is 35.9 Å². The first-order chi connectivity index (χ1) is 10.1. The average Bonchev–Trinajstić information content (AvgIpc) is 2.86. The van der Waals surface area contributed by atoms with Crippen LogP contribution in [0.2, 0.25) is 5.15 Å². The van der Waals surface area contributed by atoms with Crippen molar-refractivity contribution in [2.45, 2.75) is 20.0 Å². The van der Waals surface area contributed by atoms with Gasteiger partial charge < -0.3 is 0 Å². The number of halogens is 2. The molecule has 0 saturated heterocycles.